The van der Waals surface area contributed by atoms with Gasteiger partial charge in [-0.2, -0.15) is 10.1 Å². The Hall–Kier alpha value is -5.23. The standard InChI is InChI=1S/C28H27F2N11O2/c1-15-11-16(14-31)32-20(12-15)34-21-13-19(33-18-8-6-7-17(24(18)42-3)26-37-39-40(2)38-26)23-27(35-21)41(28(36-23)25(29)30)22-9-4-5-10-43-22/h6-8,11-13,22,25H,4-5,9-10H2,1-3H3,(H2,32,33,34,35). The Morgan fingerprint density at radius 3 is 2.63 bits per heavy atom. The lowest BCUT2D eigenvalue weighted by atomic mass is 10.1. The Labute approximate surface area is 244 Å². The number of hydrogen-bond donors (Lipinski definition) is 2. The molecule has 0 saturated carbocycles. The average Bonchev–Trinajstić information content (AvgIpc) is 3.61. The third-order valence-corrected chi connectivity index (χ3v) is 6.89. The number of methoxy groups -OCH3 is 1. The minimum Gasteiger partial charge on any atom is -0.494 e. The van der Waals surface area contributed by atoms with Crippen LogP contribution in [0.4, 0.5) is 31.8 Å². The summed E-state index contributed by atoms with van der Waals surface area (Å²) in [6.07, 6.45) is -1.32. The first-order chi connectivity index (χ1) is 20.8. The van der Waals surface area contributed by atoms with Crippen LogP contribution in [-0.4, -0.2) is 53.4 Å². The summed E-state index contributed by atoms with van der Waals surface area (Å²) in [5.74, 6) is 0.984. The van der Waals surface area contributed by atoms with E-state index in [0.717, 1.165) is 18.4 Å². The van der Waals surface area contributed by atoms with Crippen molar-refractivity contribution in [3.05, 3.63) is 53.5 Å². The fourth-order valence-corrected chi connectivity index (χ4v) is 5.09. The number of fused-ring (bicyclic) bond motifs is 1. The lowest BCUT2D eigenvalue weighted by Crippen LogP contribution is -2.20. The monoisotopic (exact) mass is 587 g/mol. The normalized spacial score (nSPS) is 15.0. The predicted octanol–water partition coefficient (Wildman–Crippen LogP) is 5.33. The van der Waals surface area contributed by atoms with E-state index < -0.39 is 18.5 Å². The fraction of sp³-hybridized carbons (Fsp3) is 0.321. The molecule has 0 aliphatic carbocycles. The number of hydrogen-bond acceptors (Lipinski definition) is 11. The topological polar surface area (TPSA) is 154 Å². The van der Waals surface area contributed by atoms with E-state index in [0.29, 0.717) is 53.2 Å². The zero-order chi connectivity index (χ0) is 30.1. The molecule has 1 unspecified atom stereocenters. The number of rotatable bonds is 8. The van der Waals surface area contributed by atoms with Crippen LogP contribution in [0, 0.1) is 18.3 Å². The first-order valence-corrected chi connectivity index (χ1v) is 13.5. The second-order valence-corrected chi connectivity index (χ2v) is 9.95. The summed E-state index contributed by atoms with van der Waals surface area (Å²) in [6.45, 7) is 2.29. The number of alkyl halides is 2. The highest BCUT2D eigenvalue weighted by Crippen LogP contribution is 2.40. The Morgan fingerprint density at radius 1 is 1.09 bits per heavy atom. The van der Waals surface area contributed by atoms with Crippen molar-refractivity contribution in [2.24, 2.45) is 7.05 Å². The first-order valence-electron chi connectivity index (χ1n) is 13.5. The molecule has 43 heavy (non-hydrogen) atoms. The van der Waals surface area contributed by atoms with Crippen molar-refractivity contribution < 1.29 is 18.3 Å². The number of nitrogens with zero attached hydrogens (tertiary/aromatic N) is 9. The molecule has 220 valence electrons. The molecule has 4 aromatic heterocycles. The smallest absolute Gasteiger partial charge is 0.295 e. The molecule has 1 saturated heterocycles. The second-order valence-electron chi connectivity index (χ2n) is 9.95. The van der Waals surface area contributed by atoms with Crippen molar-refractivity contribution in [1.29, 1.82) is 5.26 Å². The van der Waals surface area contributed by atoms with Crippen LogP contribution in [0.15, 0.2) is 36.4 Å². The third-order valence-electron chi connectivity index (χ3n) is 6.89. The summed E-state index contributed by atoms with van der Waals surface area (Å²) < 4.78 is 41.9. The van der Waals surface area contributed by atoms with Gasteiger partial charge in [-0.1, -0.05) is 6.07 Å². The van der Waals surface area contributed by atoms with Crippen LogP contribution in [0.3, 0.4) is 0 Å². The van der Waals surface area contributed by atoms with Gasteiger partial charge in [-0.3, -0.25) is 4.57 Å². The highest BCUT2D eigenvalue weighted by molar-refractivity contribution is 5.92. The van der Waals surface area contributed by atoms with Crippen molar-refractivity contribution in [3.8, 4) is 23.2 Å². The molecule has 0 bridgehead atoms. The van der Waals surface area contributed by atoms with Crippen molar-refractivity contribution >= 4 is 34.2 Å². The van der Waals surface area contributed by atoms with Crippen LogP contribution in [0.1, 0.15) is 49.0 Å². The molecule has 1 aliphatic heterocycles. The van der Waals surface area contributed by atoms with Crippen LogP contribution in [0.2, 0.25) is 0 Å². The van der Waals surface area contributed by atoms with Crippen LogP contribution in [-0.2, 0) is 11.8 Å². The van der Waals surface area contributed by atoms with Gasteiger partial charge in [-0.25, -0.2) is 23.7 Å². The minimum atomic E-state index is -2.87. The molecule has 2 N–H and O–H groups in total. The maximum Gasteiger partial charge on any atom is 0.295 e. The Bertz CT molecular complexity index is 1840. The molecule has 13 nitrogen and oxygen atoms in total. The quantitative estimate of drug-likeness (QED) is 0.242. The summed E-state index contributed by atoms with van der Waals surface area (Å²) in [5, 5.41) is 28.1. The number of imidazole rings is 1. The summed E-state index contributed by atoms with van der Waals surface area (Å²) in [6, 6.07) is 12.4. The van der Waals surface area contributed by atoms with E-state index in [2.05, 4.69) is 36.0 Å². The SMILES string of the molecule is COc1c(Nc2cc(Nc3cc(C)cc(C#N)n3)nc3c2nc(C(F)F)n3C2CCCCO2)cccc1-c1nnn(C)n1. The number of nitrogens with one attached hydrogen (secondary N) is 2. The summed E-state index contributed by atoms with van der Waals surface area (Å²) >= 11 is 0. The van der Waals surface area contributed by atoms with E-state index in [1.807, 2.05) is 13.0 Å². The molecule has 5 heterocycles. The van der Waals surface area contributed by atoms with Gasteiger partial charge in [-0.05, 0) is 61.2 Å². The Kier molecular flexibility index (Phi) is 7.51. The van der Waals surface area contributed by atoms with Crippen molar-refractivity contribution in [3.63, 3.8) is 0 Å². The van der Waals surface area contributed by atoms with Gasteiger partial charge >= 0.3 is 0 Å². The molecule has 0 radical (unpaired) electrons. The maximum absolute atomic E-state index is 14.4. The van der Waals surface area contributed by atoms with Gasteiger partial charge in [0.2, 0.25) is 5.82 Å². The summed E-state index contributed by atoms with van der Waals surface area (Å²) in [7, 11) is 3.17. The number of para-hydroxylation sites is 1. The fourth-order valence-electron chi connectivity index (χ4n) is 5.09. The van der Waals surface area contributed by atoms with Gasteiger partial charge in [0.05, 0.1) is 31.1 Å². The molecule has 6 rings (SSSR count). The van der Waals surface area contributed by atoms with Crippen LogP contribution in [0.25, 0.3) is 22.6 Å². The van der Waals surface area contributed by atoms with Gasteiger partial charge < -0.3 is 20.1 Å². The molecular formula is C28H27F2N11O2. The van der Waals surface area contributed by atoms with Crippen LogP contribution < -0.4 is 15.4 Å². The largest absolute Gasteiger partial charge is 0.494 e. The van der Waals surface area contributed by atoms with Crippen molar-refractivity contribution in [2.75, 3.05) is 24.4 Å². The number of ether oxygens (including phenoxy) is 2. The number of halogens is 2. The number of anilines is 4. The Balaban J connectivity index is 1.52. The number of pyridine rings is 2. The summed E-state index contributed by atoms with van der Waals surface area (Å²) in [5.41, 5.74) is 2.92. The van der Waals surface area contributed by atoms with Gasteiger partial charge in [0.1, 0.15) is 35.1 Å². The molecule has 0 spiro atoms. The molecule has 1 atom stereocenters. The molecule has 15 heteroatoms. The average molecular weight is 588 g/mol. The lowest BCUT2D eigenvalue weighted by Gasteiger charge is -2.25. The first kappa shape index (κ1) is 27.9. The molecule has 1 aliphatic rings. The number of aromatic nitrogens is 8. The minimum absolute atomic E-state index is 0.202. The third kappa shape index (κ3) is 5.52. The van der Waals surface area contributed by atoms with Crippen molar-refractivity contribution in [1.82, 2.24) is 39.7 Å². The second kappa shape index (κ2) is 11.6. The lowest BCUT2D eigenvalue weighted by molar-refractivity contribution is -0.0363. The van der Waals surface area contributed by atoms with Gasteiger partial charge in [0, 0.05) is 12.7 Å². The number of tetrazole rings is 1. The van der Waals surface area contributed by atoms with E-state index in [-0.39, 0.29) is 16.9 Å². The molecule has 1 fully saturated rings. The van der Waals surface area contributed by atoms with Crippen LogP contribution >= 0.6 is 0 Å². The van der Waals surface area contributed by atoms with E-state index >= 15 is 0 Å². The number of nitriles is 1. The molecule has 0 amide bonds. The number of benzene rings is 1. The Morgan fingerprint density at radius 2 is 1.93 bits per heavy atom. The molecule has 5 aromatic rings. The number of aryl methyl sites for hydroxylation is 2. The zero-order valence-electron chi connectivity index (χ0n) is 23.5. The van der Waals surface area contributed by atoms with E-state index in [9.17, 15) is 14.0 Å². The zero-order valence-corrected chi connectivity index (χ0v) is 23.5. The predicted molar refractivity (Wildman–Crippen MR) is 152 cm³/mol. The molecular weight excluding hydrogens is 560 g/mol. The highest BCUT2D eigenvalue weighted by Gasteiger charge is 2.29. The van der Waals surface area contributed by atoms with E-state index in [1.165, 1.54) is 16.5 Å². The van der Waals surface area contributed by atoms with Gasteiger partial charge in [0.25, 0.3) is 6.43 Å². The summed E-state index contributed by atoms with van der Waals surface area (Å²) in [4.78, 5) is 14.7. The highest BCUT2D eigenvalue weighted by atomic mass is 19.3. The maximum atomic E-state index is 14.4. The van der Waals surface area contributed by atoms with E-state index in [1.54, 1.807) is 43.4 Å². The van der Waals surface area contributed by atoms with Crippen LogP contribution in [0.5, 0.6) is 5.75 Å². The van der Waals surface area contributed by atoms with E-state index in [4.69, 9.17) is 14.5 Å². The van der Waals surface area contributed by atoms with Crippen molar-refractivity contribution in [2.45, 2.75) is 38.8 Å². The van der Waals surface area contributed by atoms with Gasteiger partial charge in [0.15, 0.2) is 17.2 Å². The molecule has 1 aromatic carbocycles. The van der Waals surface area contributed by atoms with Gasteiger partial charge in [-0.15, -0.1) is 10.2 Å².